The second-order valence-electron chi connectivity index (χ2n) is 3.49. The van der Waals surface area contributed by atoms with E-state index in [9.17, 15) is 13.2 Å². The fourth-order valence-electron chi connectivity index (χ4n) is 1.28. The minimum absolute atomic E-state index is 0.0398. The van der Waals surface area contributed by atoms with Crippen molar-refractivity contribution in [1.29, 1.82) is 0 Å². The molecule has 6 heteroatoms. The Bertz CT molecular complexity index is 441. The standard InChI is InChI=1S/C12H13F3N2O/c1-3-7-17-11(18-16-2)9-5-4-6-10(8-9)12(13,14)15/h4-6,8H,2-3,7H2,1H3. The Labute approximate surface area is 103 Å². The van der Waals surface area contributed by atoms with Crippen molar-refractivity contribution < 1.29 is 18.0 Å². The molecule has 1 aromatic rings. The van der Waals surface area contributed by atoms with Crippen LogP contribution in [0.5, 0.6) is 0 Å². The van der Waals surface area contributed by atoms with Gasteiger partial charge in [0.2, 0.25) is 0 Å². The van der Waals surface area contributed by atoms with E-state index in [1.165, 1.54) is 12.1 Å². The molecule has 0 saturated carbocycles. The molecule has 0 aliphatic rings. The highest BCUT2D eigenvalue weighted by Gasteiger charge is 2.30. The van der Waals surface area contributed by atoms with Crippen molar-refractivity contribution in [2.75, 3.05) is 6.54 Å². The first kappa shape index (κ1) is 14.2. The Morgan fingerprint density at radius 2 is 2.11 bits per heavy atom. The number of halogens is 3. The molecule has 0 heterocycles. The van der Waals surface area contributed by atoms with Gasteiger partial charge in [-0.1, -0.05) is 18.1 Å². The van der Waals surface area contributed by atoms with Gasteiger partial charge in [0.1, 0.15) is 0 Å². The highest BCUT2D eigenvalue weighted by molar-refractivity contribution is 5.94. The molecule has 18 heavy (non-hydrogen) atoms. The first-order valence-corrected chi connectivity index (χ1v) is 5.34. The predicted molar refractivity (Wildman–Crippen MR) is 63.8 cm³/mol. The van der Waals surface area contributed by atoms with Gasteiger partial charge in [0.15, 0.2) is 0 Å². The average molecular weight is 258 g/mol. The topological polar surface area (TPSA) is 34.0 Å². The van der Waals surface area contributed by atoms with Gasteiger partial charge in [-0.3, -0.25) is 0 Å². The largest absolute Gasteiger partial charge is 0.416 e. The second kappa shape index (κ2) is 6.18. The van der Waals surface area contributed by atoms with E-state index in [4.69, 9.17) is 4.84 Å². The summed E-state index contributed by atoms with van der Waals surface area (Å²) in [6.07, 6.45) is -3.64. The van der Waals surface area contributed by atoms with E-state index < -0.39 is 11.7 Å². The molecule has 98 valence electrons. The van der Waals surface area contributed by atoms with E-state index in [-0.39, 0.29) is 11.5 Å². The number of oxime groups is 1. The lowest BCUT2D eigenvalue weighted by Crippen LogP contribution is -2.09. The van der Waals surface area contributed by atoms with Gasteiger partial charge < -0.3 is 4.84 Å². The van der Waals surface area contributed by atoms with E-state index in [1.54, 1.807) is 0 Å². The highest BCUT2D eigenvalue weighted by atomic mass is 19.4. The fraction of sp³-hybridized carbons (Fsp3) is 0.333. The SMILES string of the molecule is C=NOC(=NCCC)c1cccc(C(F)(F)F)c1. The summed E-state index contributed by atoms with van der Waals surface area (Å²) in [6.45, 7) is 5.47. The van der Waals surface area contributed by atoms with Gasteiger partial charge in [0.25, 0.3) is 5.90 Å². The Kier molecular flexibility index (Phi) is 4.88. The van der Waals surface area contributed by atoms with Gasteiger partial charge in [0, 0.05) is 18.8 Å². The number of nitrogens with zero attached hydrogens (tertiary/aromatic N) is 2. The van der Waals surface area contributed by atoms with Gasteiger partial charge in [-0.15, -0.1) is 0 Å². The molecule has 0 atom stereocenters. The van der Waals surface area contributed by atoms with Gasteiger partial charge in [-0.2, -0.15) is 13.2 Å². The van der Waals surface area contributed by atoms with Crippen LogP contribution < -0.4 is 0 Å². The number of alkyl halides is 3. The summed E-state index contributed by atoms with van der Waals surface area (Å²) in [5.74, 6) is 0.0398. The lowest BCUT2D eigenvalue weighted by atomic mass is 10.1. The zero-order valence-electron chi connectivity index (χ0n) is 9.87. The molecule has 0 aliphatic carbocycles. The van der Waals surface area contributed by atoms with Crippen LogP contribution in [-0.2, 0) is 11.0 Å². The van der Waals surface area contributed by atoms with Gasteiger partial charge in [0.05, 0.1) is 5.56 Å². The van der Waals surface area contributed by atoms with Crippen LogP contribution in [0.1, 0.15) is 24.5 Å². The Morgan fingerprint density at radius 1 is 1.39 bits per heavy atom. The van der Waals surface area contributed by atoms with Crippen molar-refractivity contribution in [2.45, 2.75) is 19.5 Å². The van der Waals surface area contributed by atoms with Crippen LogP contribution >= 0.6 is 0 Å². The molecule has 0 saturated heterocycles. The number of hydrogen-bond acceptors (Lipinski definition) is 3. The van der Waals surface area contributed by atoms with Crippen molar-refractivity contribution in [3.8, 4) is 0 Å². The van der Waals surface area contributed by atoms with Gasteiger partial charge >= 0.3 is 6.18 Å². The summed E-state index contributed by atoms with van der Waals surface area (Å²) in [5, 5.41) is 3.20. The van der Waals surface area contributed by atoms with E-state index in [0.717, 1.165) is 18.6 Å². The monoisotopic (exact) mass is 258 g/mol. The van der Waals surface area contributed by atoms with E-state index in [0.29, 0.717) is 6.54 Å². The van der Waals surface area contributed by atoms with Crippen LogP contribution in [0, 0.1) is 0 Å². The predicted octanol–water partition coefficient (Wildman–Crippen LogP) is 3.49. The lowest BCUT2D eigenvalue weighted by Gasteiger charge is -2.09. The number of rotatable bonds is 4. The molecule has 1 rings (SSSR count). The quantitative estimate of drug-likeness (QED) is 0.462. The lowest BCUT2D eigenvalue weighted by molar-refractivity contribution is -0.137. The molecule has 0 bridgehead atoms. The smallest absolute Gasteiger partial charge is 0.337 e. The molecular formula is C12H13F3N2O. The molecule has 0 radical (unpaired) electrons. The molecule has 0 aromatic heterocycles. The Morgan fingerprint density at radius 3 is 2.67 bits per heavy atom. The minimum Gasteiger partial charge on any atom is -0.337 e. The third-order valence-corrected chi connectivity index (χ3v) is 2.07. The van der Waals surface area contributed by atoms with Crippen molar-refractivity contribution >= 4 is 12.6 Å². The van der Waals surface area contributed by atoms with Gasteiger partial charge in [-0.25, -0.2) is 4.99 Å². The molecule has 3 nitrogen and oxygen atoms in total. The first-order chi connectivity index (χ1) is 8.49. The maximum atomic E-state index is 12.6. The maximum absolute atomic E-state index is 12.6. The normalized spacial score (nSPS) is 12.3. The summed E-state index contributed by atoms with van der Waals surface area (Å²) >= 11 is 0. The summed E-state index contributed by atoms with van der Waals surface area (Å²) < 4.78 is 37.7. The first-order valence-electron chi connectivity index (χ1n) is 5.34. The minimum atomic E-state index is -4.40. The van der Waals surface area contributed by atoms with Crippen molar-refractivity contribution in [3.63, 3.8) is 0 Å². The van der Waals surface area contributed by atoms with Crippen LogP contribution in [0.15, 0.2) is 34.4 Å². The van der Waals surface area contributed by atoms with E-state index in [1.807, 2.05) is 6.92 Å². The van der Waals surface area contributed by atoms with Crippen molar-refractivity contribution in [3.05, 3.63) is 35.4 Å². The number of benzene rings is 1. The number of aliphatic imine (C=N–C) groups is 1. The maximum Gasteiger partial charge on any atom is 0.416 e. The summed E-state index contributed by atoms with van der Waals surface area (Å²) in [4.78, 5) is 8.81. The molecular weight excluding hydrogens is 245 g/mol. The Hall–Kier alpha value is -1.85. The van der Waals surface area contributed by atoms with Gasteiger partial charge in [-0.05, 0) is 24.6 Å². The van der Waals surface area contributed by atoms with E-state index >= 15 is 0 Å². The average Bonchev–Trinajstić information content (AvgIpc) is 2.33. The molecule has 0 fully saturated rings. The van der Waals surface area contributed by atoms with Crippen molar-refractivity contribution in [1.82, 2.24) is 0 Å². The molecule has 0 spiro atoms. The fourth-order valence-corrected chi connectivity index (χ4v) is 1.28. The zero-order chi connectivity index (χ0) is 13.6. The van der Waals surface area contributed by atoms with Crippen LogP contribution in [-0.4, -0.2) is 19.2 Å². The molecule has 0 N–H and O–H groups in total. The van der Waals surface area contributed by atoms with Crippen molar-refractivity contribution in [2.24, 2.45) is 10.1 Å². The van der Waals surface area contributed by atoms with Crippen LogP contribution in [0.3, 0.4) is 0 Å². The molecule has 1 aromatic carbocycles. The zero-order valence-corrected chi connectivity index (χ0v) is 9.87. The highest BCUT2D eigenvalue weighted by Crippen LogP contribution is 2.29. The van der Waals surface area contributed by atoms with E-state index in [2.05, 4.69) is 16.9 Å². The van der Waals surface area contributed by atoms with Crippen LogP contribution in [0.2, 0.25) is 0 Å². The third-order valence-electron chi connectivity index (χ3n) is 2.07. The summed E-state index contributed by atoms with van der Waals surface area (Å²) in [5.41, 5.74) is -0.525. The Balaban J connectivity index is 3.09. The van der Waals surface area contributed by atoms with Crippen LogP contribution in [0.25, 0.3) is 0 Å². The third kappa shape index (κ3) is 3.87. The summed E-state index contributed by atoms with van der Waals surface area (Å²) in [7, 11) is 0. The van der Waals surface area contributed by atoms with Crippen LogP contribution in [0.4, 0.5) is 13.2 Å². The molecule has 0 aliphatic heterocycles. The second-order valence-corrected chi connectivity index (χ2v) is 3.49. The molecule has 0 unspecified atom stereocenters. The number of hydrogen-bond donors (Lipinski definition) is 0. The summed E-state index contributed by atoms with van der Waals surface area (Å²) in [6, 6.07) is 4.74. The molecule has 0 amide bonds.